The quantitative estimate of drug-likeness (QED) is 0.729. The average molecular weight is 326 g/mol. The zero-order valence-corrected chi connectivity index (χ0v) is 14.3. The Bertz CT molecular complexity index is 418. The van der Waals surface area contributed by atoms with Crippen molar-refractivity contribution < 1.29 is 24.1 Å². The minimum Gasteiger partial charge on any atom is -0.462 e. The van der Waals surface area contributed by atoms with Gasteiger partial charge in [0.2, 0.25) is 0 Å². The van der Waals surface area contributed by atoms with Gasteiger partial charge < -0.3 is 19.3 Å². The normalized spacial score (nSPS) is 36.9. The Kier molecular flexibility index (Phi) is 5.29. The van der Waals surface area contributed by atoms with Crippen molar-refractivity contribution in [3.63, 3.8) is 0 Å². The maximum Gasteiger partial charge on any atom is 0.306 e. The number of hydrogen-bond acceptors (Lipinski definition) is 5. The first-order valence-electron chi connectivity index (χ1n) is 9.21. The van der Waals surface area contributed by atoms with Crippen LogP contribution < -0.4 is 0 Å². The van der Waals surface area contributed by atoms with E-state index in [0.29, 0.717) is 32.0 Å². The molecule has 0 aromatic carbocycles. The standard InChI is InChI=1S/C18H30O5/c1-3-4-5-12(2)18(21-8-9-22-18)7-6-13-14-10-17(20)23-16(14)11-15(13)19/h12-16,19H,3-11H2,1-2H3/t12?,13-,14?,15?,16?/m1/s1. The molecule has 0 amide bonds. The summed E-state index contributed by atoms with van der Waals surface area (Å²) in [5.74, 6) is 0.0182. The zero-order chi connectivity index (χ0) is 16.4. The summed E-state index contributed by atoms with van der Waals surface area (Å²) in [7, 11) is 0. The van der Waals surface area contributed by atoms with Gasteiger partial charge >= 0.3 is 5.97 Å². The molecule has 5 atom stereocenters. The van der Waals surface area contributed by atoms with Gasteiger partial charge in [0.25, 0.3) is 0 Å². The molecule has 132 valence electrons. The molecule has 2 heterocycles. The second kappa shape index (κ2) is 7.08. The number of carbonyl (C=O) groups excluding carboxylic acids is 1. The molecule has 1 N–H and O–H groups in total. The van der Waals surface area contributed by atoms with Gasteiger partial charge in [-0.1, -0.05) is 26.7 Å². The van der Waals surface area contributed by atoms with Crippen molar-refractivity contribution in [1.82, 2.24) is 0 Å². The van der Waals surface area contributed by atoms with E-state index in [0.717, 1.165) is 19.3 Å². The number of aliphatic hydroxyl groups is 1. The predicted octanol–water partition coefficient (Wildman–Crippen LogP) is 2.65. The third kappa shape index (κ3) is 3.42. The molecule has 3 aliphatic rings. The Labute approximate surface area is 138 Å². The monoisotopic (exact) mass is 326 g/mol. The molecule has 2 saturated heterocycles. The summed E-state index contributed by atoms with van der Waals surface area (Å²) < 4.78 is 17.4. The maximum absolute atomic E-state index is 11.5. The van der Waals surface area contributed by atoms with Crippen molar-refractivity contribution in [2.45, 2.75) is 76.8 Å². The summed E-state index contributed by atoms with van der Waals surface area (Å²) >= 11 is 0. The molecule has 0 aromatic heterocycles. The molecule has 0 aromatic rings. The lowest BCUT2D eigenvalue weighted by molar-refractivity contribution is -0.201. The molecule has 3 fully saturated rings. The van der Waals surface area contributed by atoms with Crippen LogP contribution in [0.3, 0.4) is 0 Å². The van der Waals surface area contributed by atoms with Crippen LogP contribution in [0.25, 0.3) is 0 Å². The maximum atomic E-state index is 11.5. The summed E-state index contributed by atoms with van der Waals surface area (Å²) in [6, 6.07) is 0. The van der Waals surface area contributed by atoms with Crippen LogP contribution in [0.4, 0.5) is 0 Å². The number of rotatable bonds is 7. The van der Waals surface area contributed by atoms with Crippen molar-refractivity contribution in [2.24, 2.45) is 17.8 Å². The van der Waals surface area contributed by atoms with Crippen molar-refractivity contribution in [2.75, 3.05) is 13.2 Å². The number of unbranched alkanes of at least 4 members (excludes halogenated alkanes) is 1. The van der Waals surface area contributed by atoms with Crippen molar-refractivity contribution >= 4 is 5.97 Å². The van der Waals surface area contributed by atoms with Gasteiger partial charge in [-0.05, 0) is 18.8 Å². The fourth-order valence-electron chi connectivity index (χ4n) is 4.63. The summed E-state index contributed by atoms with van der Waals surface area (Å²) in [4.78, 5) is 11.5. The Morgan fingerprint density at radius 1 is 1.35 bits per heavy atom. The van der Waals surface area contributed by atoms with Gasteiger partial charge in [0, 0.05) is 24.7 Å². The van der Waals surface area contributed by atoms with Crippen LogP contribution in [-0.4, -0.2) is 42.3 Å². The molecule has 3 rings (SSSR count). The first-order chi connectivity index (χ1) is 11.1. The molecule has 5 nitrogen and oxygen atoms in total. The van der Waals surface area contributed by atoms with Gasteiger partial charge in [-0.2, -0.15) is 0 Å². The molecule has 23 heavy (non-hydrogen) atoms. The lowest BCUT2D eigenvalue weighted by Gasteiger charge is -2.35. The largest absolute Gasteiger partial charge is 0.462 e. The van der Waals surface area contributed by atoms with E-state index in [1.807, 2.05) is 0 Å². The van der Waals surface area contributed by atoms with Crippen LogP contribution in [-0.2, 0) is 19.0 Å². The van der Waals surface area contributed by atoms with Crippen LogP contribution in [0.15, 0.2) is 0 Å². The summed E-state index contributed by atoms with van der Waals surface area (Å²) in [6.45, 7) is 5.70. The average Bonchev–Trinajstić information content (AvgIpc) is 3.19. The minimum atomic E-state index is -0.504. The van der Waals surface area contributed by atoms with E-state index >= 15 is 0 Å². The van der Waals surface area contributed by atoms with Crippen LogP contribution >= 0.6 is 0 Å². The second-order valence-corrected chi connectivity index (χ2v) is 7.45. The van der Waals surface area contributed by atoms with Crippen molar-refractivity contribution in [1.29, 1.82) is 0 Å². The highest BCUT2D eigenvalue weighted by molar-refractivity contribution is 5.72. The molecular formula is C18H30O5. The zero-order valence-electron chi connectivity index (χ0n) is 14.3. The molecule has 4 unspecified atom stereocenters. The number of esters is 1. The topological polar surface area (TPSA) is 65.0 Å². The van der Waals surface area contributed by atoms with Gasteiger partial charge in [-0.15, -0.1) is 0 Å². The lowest BCUT2D eigenvalue weighted by Crippen LogP contribution is -2.39. The van der Waals surface area contributed by atoms with E-state index in [-0.39, 0.29) is 30.0 Å². The molecule has 0 spiro atoms. The van der Waals surface area contributed by atoms with E-state index in [2.05, 4.69) is 13.8 Å². The van der Waals surface area contributed by atoms with Crippen molar-refractivity contribution in [3.05, 3.63) is 0 Å². The SMILES string of the molecule is CCCCC(C)C1(CC[C@H]2C(O)CC3OC(=O)CC32)OCCO1. The Balaban J connectivity index is 1.61. The van der Waals surface area contributed by atoms with Crippen LogP contribution in [0, 0.1) is 17.8 Å². The van der Waals surface area contributed by atoms with E-state index < -0.39 is 5.79 Å². The van der Waals surface area contributed by atoms with Gasteiger partial charge in [-0.25, -0.2) is 0 Å². The van der Waals surface area contributed by atoms with Gasteiger partial charge in [0.15, 0.2) is 5.79 Å². The van der Waals surface area contributed by atoms with Crippen LogP contribution in [0.5, 0.6) is 0 Å². The number of aliphatic hydroxyl groups excluding tert-OH is 1. The molecule has 0 bridgehead atoms. The smallest absolute Gasteiger partial charge is 0.306 e. The number of fused-ring (bicyclic) bond motifs is 1. The fraction of sp³-hybridized carbons (Fsp3) is 0.944. The van der Waals surface area contributed by atoms with Crippen molar-refractivity contribution in [3.8, 4) is 0 Å². The van der Waals surface area contributed by atoms with E-state index in [1.165, 1.54) is 12.8 Å². The molecular weight excluding hydrogens is 296 g/mol. The third-order valence-electron chi connectivity index (χ3n) is 6.02. The summed E-state index contributed by atoms with van der Waals surface area (Å²) in [5.41, 5.74) is 0. The predicted molar refractivity (Wildman–Crippen MR) is 84.7 cm³/mol. The number of hydrogen-bond donors (Lipinski definition) is 1. The highest BCUT2D eigenvalue weighted by atomic mass is 16.7. The third-order valence-corrected chi connectivity index (χ3v) is 6.02. The highest BCUT2D eigenvalue weighted by Crippen LogP contribution is 2.46. The van der Waals surface area contributed by atoms with Crippen LogP contribution in [0.2, 0.25) is 0 Å². The molecule has 0 radical (unpaired) electrons. The minimum absolute atomic E-state index is 0.0821. The first-order valence-corrected chi connectivity index (χ1v) is 9.21. The van der Waals surface area contributed by atoms with E-state index in [1.54, 1.807) is 0 Å². The van der Waals surface area contributed by atoms with E-state index in [9.17, 15) is 9.90 Å². The summed E-state index contributed by atoms with van der Waals surface area (Å²) in [6.07, 6.45) is 5.64. The highest BCUT2D eigenvalue weighted by Gasteiger charge is 2.51. The van der Waals surface area contributed by atoms with Gasteiger partial charge in [0.05, 0.1) is 25.7 Å². The number of ether oxygens (including phenoxy) is 3. The molecule has 1 aliphatic carbocycles. The Morgan fingerprint density at radius 3 is 2.78 bits per heavy atom. The Morgan fingerprint density at radius 2 is 2.09 bits per heavy atom. The molecule has 5 heteroatoms. The second-order valence-electron chi connectivity index (χ2n) is 7.45. The lowest BCUT2D eigenvalue weighted by atomic mass is 9.83. The van der Waals surface area contributed by atoms with Gasteiger partial charge in [-0.3, -0.25) is 4.79 Å². The van der Waals surface area contributed by atoms with Crippen LogP contribution in [0.1, 0.15) is 58.8 Å². The number of carbonyl (C=O) groups is 1. The molecule has 1 saturated carbocycles. The van der Waals surface area contributed by atoms with Gasteiger partial charge in [0.1, 0.15) is 6.10 Å². The Hall–Kier alpha value is -0.650. The fourth-order valence-corrected chi connectivity index (χ4v) is 4.63. The van der Waals surface area contributed by atoms with E-state index in [4.69, 9.17) is 14.2 Å². The first kappa shape index (κ1) is 17.2. The molecule has 2 aliphatic heterocycles. The summed E-state index contributed by atoms with van der Waals surface area (Å²) in [5, 5.41) is 10.3.